The van der Waals surface area contributed by atoms with E-state index in [4.69, 9.17) is 18.9 Å². The molecule has 1 saturated heterocycles. The number of halogens is 3. The fraction of sp³-hybridized carbons (Fsp3) is 0.519. The third-order valence-electron chi connectivity index (χ3n) is 6.27. The summed E-state index contributed by atoms with van der Waals surface area (Å²) < 4.78 is 51.4. The third-order valence-corrected chi connectivity index (χ3v) is 6.77. The van der Waals surface area contributed by atoms with E-state index in [1.54, 1.807) is 17.0 Å². The lowest BCUT2D eigenvalue weighted by Crippen LogP contribution is -2.35. The van der Waals surface area contributed by atoms with Crippen molar-refractivity contribution >= 4 is 22.0 Å². The van der Waals surface area contributed by atoms with Crippen molar-refractivity contribution in [2.24, 2.45) is 0 Å². The number of ether oxygens (including phenoxy) is 4. The van der Waals surface area contributed by atoms with Crippen LogP contribution in [0.3, 0.4) is 0 Å². The first kappa shape index (κ1) is 26.8. The highest BCUT2D eigenvalue weighted by molar-refractivity contribution is 9.10. The van der Waals surface area contributed by atoms with Crippen LogP contribution in [0.4, 0.5) is 13.6 Å². The van der Waals surface area contributed by atoms with Crippen LogP contribution >= 0.6 is 15.9 Å². The normalized spacial score (nSPS) is 19.1. The summed E-state index contributed by atoms with van der Waals surface area (Å²) in [4.78, 5) is 14.0. The molecule has 36 heavy (non-hydrogen) atoms. The van der Waals surface area contributed by atoms with Crippen LogP contribution in [0.1, 0.15) is 62.3 Å². The lowest BCUT2D eigenvalue weighted by Gasteiger charge is -2.32. The van der Waals surface area contributed by atoms with Gasteiger partial charge in [-0.05, 0) is 42.7 Å². The maximum Gasteiger partial charge on any atom is 0.410 e. The molecular weight excluding hydrogens is 536 g/mol. The SMILES string of the molecule is CC1(C)OCc2cc([C@H]3CN(CCCCCCOCC(F)(F)c4cccc(Br)c4)C(=O)O3)ccc2O1. The molecule has 1 amide bonds. The summed E-state index contributed by atoms with van der Waals surface area (Å²) >= 11 is 3.22. The number of cyclic esters (lactones) is 1. The number of fused-ring (bicyclic) bond motifs is 1. The van der Waals surface area contributed by atoms with Crippen LogP contribution < -0.4 is 4.74 Å². The summed E-state index contributed by atoms with van der Waals surface area (Å²) in [6.45, 7) is 4.94. The molecule has 196 valence electrons. The Balaban J connectivity index is 1.13. The molecule has 1 atom stereocenters. The minimum Gasteiger partial charge on any atom is -0.463 e. The highest BCUT2D eigenvalue weighted by atomic mass is 79.9. The van der Waals surface area contributed by atoms with E-state index >= 15 is 0 Å². The summed E-state index contributed by atoms with van der Waals surface area (Å²) in [5.41, 5.74) is 1.81. The standard InChI is InChI=1S/C27H32BrF2NO5/c1-26(2)34-17-20-14-19(10-11-23(20)36-26)24-16-31(25(32)35-24)12-5-3-4-6-13-33-18-27(29,30)21-8-7-9-22(28)15-21/h7-11,14-15,24H,3-6,12-13,16-18H2,1-2H3/t24-/m1/s1. The van der Waals surface area contributed by atoms with E-state index in [1.165, 1.54) is 12.1 Å². The maximum atomic E-state index is 14.2. The zero-order chi connectivity index (χ0) is 25.8. The summed E-state index contributed by atoms with van der Waals surface area (Å²) in [6.07, 6.45) is 2.59. The number of unbranched alkanes of at least 4 members (excludes halogenated alkanes) is 3. The Labute approximate surface area is 219 Å². The van der Waals surface area contributed by atoms with Gasteiger partial charge in [-0.25, -0.2) is 4.79 Å². The second-order valence-electron chi connectivity index (χ2n) is 9.66. The molecule has 0 saturated carbocycles. The Morgan fingerprint density at radius 1 is 1.14 bits per heavy atom. The van der Waals surface area contributed by atoms with Crippen LogP contribution in [0.2, 0.25) is 0 Å². The number of hydrogen-bond donors (Lipinski definition) is 0. The molecule has 0 bridgehead atoms. The first-order valence-corrected chi connectivity index (χ1v) is 13.1. The maximum absolute atomic E-state index is 14.2. The largest absolute Gasteiger partial charge is 0.463 e. The van der Waals surface area contributed by atoms with Crippen molar-refractivity contribution in [3.63, 3.8) is 0 Å². The number of amides is 1. The van der Waals surface area contributed by atoms with Crippen molar-refractivity contribution in [2.45, 2.75) is 64.0 Å². The first-order chi connectivity index (χ1) is 17.1. The molecule has 9 heteroatoms. The van der Waals surface area contributed by atoms with E-state index in [0.717, 1.165) is 36.1 Å². The molecule has 4 rings (SSSR count). The van der Waals surface area contributed by atoms with Gasteiger partial charge in [-0.15, -0.1) is 0 Å². The lowest BCUT2D eigenvalue weighted by atomic mass is 10.0. The van der Waals surface area contributed by atoms with E-state index in [2.05, 4.69) is 15.9 Å². The third kappa shape index (κ3) is 6.95. The fourth-order valence-electron chi connectivity index (χ4n) is 4.28. The Morgan fingerprint density at radius 2 is 1.94 bits per heavy atom. The molecule has 0 N–H and O–H groups in total. The summed E-state index contributed by atoms with van der Waals surface area (Å²) in [6, 6.07) is 11.9. The van der Waals surface area contributed by atoms with Crippen molar-refractivity contribution in [1.29, 1.82) is 0 Å². The predicted octanol–water partition coefficient (Wildman–Crippen LogP) is 6.96. The first-order valence-electron chi connectivity index (χ1n) is 12.3. The molecule has 2 aliphatic heterocycles. The van der Waals surface area contributed by atoms with Gasteiger partial charge < -0.3 is 23.8 Å². The van der Waals surface area contributed by atoms with Gasteiger partial charge >= 0.3 is 6.09 Å². The summed E-state index contributed by atoms with van der Waals surface area (Å²) in [5, 5.41) is 0. The average Bonchev–Trinajstić information content (AvgIpc) is 3.20. The molecule has 0 aliphatic carbocycles. The van der Waals surface area contributed by atoms with Crippen molar-refractivity contribution in [3.05, 3.63) is 63.6 Å². The van der Waals surface area contributed by atoms with Crippen LogP contribution in [0.15, 0.2) is 46.9 Å². The van der Waals surface area contributed by atoms with Crippen molar-refractivity contribution < 1.29 is 32.5 Å². The topological polar surface area (TPSA) is 57.2 Å². The molecule has 2 aliphatic rings. The van der Waals surface area contributed by atoms with Gasteiger partial charge in [0, 0.05) is 42.6 Å². The number of benzene rings is 2. The Hall–Kier alpha value is -2.23. The van der Waals surface area contributed by atoms with Gasteiger partial charge in [0.25, 0.3) is 5.92 Å². The highest BCUT2D eigenvalue weighted by Crippen LogP contribution is 2.35. The van der Waals surface area contributed by atoms with Crippen molar-refractivity contribution in [2.75, 3.05) is 26.3 Å². The Kier molecular flexibility index (Phi) is 8.52. The van der Waals surface area contributed by atoms with Crippen LogP contribution in [0, 0.1) is 0 Å². The lowest BCUT2D eigenvalue weighted by molar-refractivity contribution is -0.180. The van der Waals surface area contributed by atoms with E-state index < -0.39 is 18.3 Å². The number of rotatable bonds is 11. The number of carbonyl (C=O) groups is 1. The molecule has 0 spiro atoms. The van der Waals surface area contributed by atoms with E-state index in [9.17, 15) is 13.6 Å². The fourth-order valence-corrected chi connectivity index (χ4v) is 4.68. The molecule has 0 radical (unpaired) electrons. The predicted molar refractivity (Wildman–Crippen MR) is 134 cm³/mol. The van der Waals surface area contributed by atoms with Gasteiger partial charge in [-0.3, -0.25) is 0 Å². The average molecular weight is 568 g/mol. The van der Waals surface area contributed by atoms with Gasteiger partial charge in [0.2, 0.25) is 5.79 Å². The summed E-state index contributed by atoms with van der Waals surface area (Å²) in [5.74, 6) is -2.88. The second-order valence-corrected chi connectivity index (χ2v) is 10.6. The quantitative estimate of drug-likeness (QED) is 0.275. The zero-order valence-electron chi connectivity index (χ0n) is 20.6. The highest BCUT2D eigenvalue weighted by Gasteiger charge is 2.34. The monoisotopic (exact) mass is 567 g/mol. The molecule has 6 nitrogen and oxygen atoms in total. The number of alkyl halides is 2. The molecule has 0 unspecified atom stereocenters. The van der Waals surface area contributed by atoms with Crippen LogP contribution in [-0.4, -0.2) is 43.1 Å². The van der Waals surface area contributed by atoms with Gasteiger partial charge in [0.1, 0.15) is 18.5 Å². The van der Waals surface area contributed by atoms with E-state index in [0.29, 0.717) is 30.6 Å². The molecular formula is C27H32BrF2NO5. The molecule has 2 aromatic carbocycles. The van der Waals surface area contributed by atoms with Gasteiger partial charge in [-0.2, -0.15) is 8.78 Å². The minimum atomic E-state index is -3.02. The molecule has 2 heterocycles. The van der Waals surface area contributed by atoms with Gasteiger partial charge in [0.05, 0.1) is 13.2 Å². The van der Waals surface area contributed by atoms with Crippen LogP contribution in [0.25, 0.3) is 0 Å². The Morgan fingerprint density at radius 3 is 2.75 bits per heavy atom. The van der Waals surface area contributed by atoms with Crippen LogP contribution in [0.5, 0.6) is 5.75 Å². The minimum absolute atomic E-state index is 0.0614. The zero-order valence-corrected chi connectivity index (χ0v) is 22.2. The van der Waals surface area contributed by atoms with E-state index in [1.807, 2.05) is 32.0 Å². The molecule has 0 aromatic heterocycles. The number of nitrogens with zero attached hydrogens (tertiary/aromatic N) is 1. The smallest absolute Gasteiger partial charge is 0.410 e. The Bertz CT molecular complexity index is 1060. The number of carbonyl (C=O) groups excluding carboxylic acids is 1. The van der Waals surface area contributed by atoms with Gasteiger partial charge in [-0.1, -0.05) is 47.0 Å². The van der Waals surface area contributed by atoms with Crippen LogP contribution in [-0.2, 0) is 26.7 Å². The summed E-state index contributed by atoms with van der Waals surface area (Å²) in [7, 11) is 0. The van der Waals surface area contributed by atoms with Gasteiger partial charge in [0.15, 0.2) is 0 Å². The molecule has 2 aromatic rings. The second kappa shape index (κ2) is 11.4. The number of hydrogen-bond acceptors (Lipinski definition) is 5. The van der Waals surface area contributed by atoms with E-state index in [-0.39, 0.29) is 24.4 Å². The van der Waals surface area contributed by atoms with Crippen molar-refractivity contribution in [3.8, 4) is 5.75 Å². The molecule has 1 fully saturated rings. The van der Waals surface area contributed by atoms with Crippen molar-refractivity contribution in [1.82, 2.24) is 4.90 Å².